The van der Waals surface area contributed by atoms with Crippen LogP contribution in [0, 0.1) is 13.8 Å². The lowest BCUT2D eigenvalue weighted by molar-refractivity contribution is 0.677. The highest BCUT2D eigenvalue weighted by Crippen LogP contribution is 2.29. The van der Waals surface area contributed by atoms with Gasteiger partial charge in [0, 0.05) is 16.0 Å². The molecule has 92 valence electrons. The second-order valence-corrected chi connectivity index (χ2v) is 6.08. The first-order valence-corrected chi connectivity index (χ1v) is 7.40. The van der Waals surface area contributed by atoms with E-state index in [-0.39, 0.29) is 6.04 Å². The van der Waals surface area contributed by atoms with E-state index in [2.05, 4.69) is 29.5 Å². The average molecular weight is 267 g/mol. The molecule has 0 radical (unpaired) electrons. The summed E-state index contributed by atoms with van der Waals surface area (Å²) in [7, 11) is 1.96. The zero-order valence-electron chi connectivity index (χ0n) is 10.6. The maximum Gasteiger partial charge on any atom is 0.117 e. The zero-order valence-corrected chi connectivity index (χ0v) is 12.2. The first-order valence-electron chi connectivity index (χ1n) is 5.71. The van der Waals surface area contributed by atoms with Crippen LogP contribution < -0.4 is 5.32 Å². The van der Waals surface area contributed by atoms with E-state index in [4.69, 9.17) is 4.98 Å². The lowest BCUT2D eigenvalue weighted by Gasteiger charge is -2.09. The number of thiazole rings is 2. The summed E-state index contributed by atoms with van der Waals surface area (Å²) in [5.74, 6) is 0. The number of aryl methyl sites for hydroxylation is 3. The van der Waals surface area contributed by atoms with Gasteiger partial charge in [0.15, 0.2) is 0 Å². The van der Waals surface area contributed by atoms with E-state index in [0.29, 0.717) is 0 Å². The summed E-state index contributed by atoms with van der Waals surface area (Å²) in [6.07, 6.45) is 0.996. The van der Waals surface area contributed by atoms with Crippen LogP contribution in [-0.2, 0) is 6.42 Å². The van der Waals surface area contributed by atoms with Gasteiger partial charge in [0.25, 0.3) is 0 Å². The van der Waals surface area contributed by atoms with E-state index in [9.17, 15) is 0 Å². The third kappa shape index (κ3) is 2.56. The second kappa shape index (κ2) is 5.25. The first kappa shape index (κ1) is 12.7. The number of rotatable bonds is 4. The third-order valence-electron chi connectivity index (χ3n) is 2.66. The van der Waals surface area contributed by atoms with Gasteiger partial charge in [-0.25, -0.2) is 9.97 Å². The highest BCUT2D eigenvalue weighted by molar-refractivity contribution is 7.12. The van der Waals surface area contributed by atoms with Crippen molar-refractivity contribution in [2.75, 3.05) is 7.05 Å². The van der Waals surface area contributed by atoms with Crippen LogP contribution in [0.15, 0.2) is 5.38 Å². The van der Waals surface area contributed by atoms with Crippen LogP contribution in [-0.4, -0.2) is 17.0 Å². The summed E-state index contributed by atoms with van der Waals surface area (Å²) < 4.78 is 0. The van der Waals surface area contributed by atoms with Crippen molar-refractivity contribution in [3.63, 3.8) is 0 Å². The molecule has 1 unspecified atom stereocenters. The summed E-state index contributed by atoms with van der Waals surface area (Å²) in [5, 5.41) is 7.61. The summed E-state index contributed by atoms with van der Waals surface area (Å²) in [6.45, 7) is 6.31. The van der Waals surface area contributed by atoms with Crippen LogP contribution in [0.2, 0.25) is 0 Å². The van der Waals surface area contributed by atoms with Crippen molar-refractivity contribution in [1.82, 2.24) is 15.3 Å². The second-order valence-electron chi connectivity index (χ2n) is 3.96. The molecule has 2 rings (SSSR count). The average Bonchev–Trinajstić information content (AvgIpc) is 2.87. The van der Waals surface area contributed by atoms with E-state index < -0.39 is 0 Å². The Morgan fingerprint density at radius 2 is 2.06 bits per heavy atom. The molecule has 3 nitrogen and oxygen atoms in total. The predicted molar refractivity (Wildman–Crippen MR) is 74.0 cm³/mol. The van der Waals surface area contributed by atoms with E-state index >= 15 is 0 Å². The van der Waals surface area contributed by atoms with Gasteiger partial charge in [0.1, 0.15) is 16.1 Å². The van der Waals surface area contributed by atoms with Gasteiger partial charge in [0.05, 0.1) is 5.69 Å². The van der Waals surface area contributed by atoms with Crippen molar-refractivity contribution in [2.45, 2.75) is 33.2 Å². The molecule has 0 spiro atoms. The summed E-state index contributed by atoms with van der Waals surface area (Å²) in [5.41, 5.74) is 2.28. The molecule has 0 aliphatic carbocycles. The van der Waals surface area contributed by atoms with Crippen molar-refractivity contribution in [3.8, 4) is 0 Å². The molecule has 2 heterocycles. The van der Waals surface area contributed by atoms with Crippen molar-refractivity contribution < 1.29 is 0 Å². The fourth-order valence-corrected chi connectivity index (χ4v) is 3.86. The smallest absolute Gasteiger partial charge is 0.117 e. The van der Waals surface area contributed by atoms with Crippen LogP contribution in [0.3, 0.4) is 0 Å². The molecular formula is C12H17N3S2. The monoisotopic (exact) mass is 267 g/mol. The Kier molecular flexibility index (Phi) is 3.91. The van der Waals surface area contributed by atoms with Crippen LogP contribution >= 0.6 is 22.7 Å². The van der Waals surface area contributed by atoms with Crippen molar-refractivity contribution in [3.05, 3.63) is 31.7 Å². The zero-order chi connectivity index (χ0) is 12.4. The van der Waals surface area contributed by atoms with Gasteiger partial charge >= 0.3 is 0 Å². The molecule has 2 aromatic heterocycles. The van der Waals surface area contributed by atoms with Gasteiger partial charge in [-0.05, 0) is 27.3 Å². The molecule has 1 atom stereocenters. The minimum absolute atomic E-state index is 0.137. The first-order chi connectivity index (χ1) is 8.15. The van der Waals surface area contributed by atoms with E-state index in [0.717, 1.165) is 22.1 Å². The van der Waals surface area contributed by atoms with E-state index in [1.165, 1.54) is 10.6 Å². The van der Waals surface area contributed by atoms with Crippen LogP contribution in [0.4, 0.5) is 0 Å². The molecule has 0 aliphatic rings. The Bertz CT molecular complexity index is 502. The van der Waals surface area contributed by atoms with Gasteiger partial charge in [0.2, 0.25) is 0 Å². The van der Waals surface area contributed by atoms with Gasteiger partial charge in [-0.15, -0.1) is 22.7 Å². The number of hydrogen-bond acceptors (Lipinski definition) is 5. The van der Waals surface area contributed by atoms with Gasteiger partial charge < -0.3 is 5.32 Å². The van der Waals surface area contributed by atoms with Crippen molar-refractivity contribution >= 4 is 22.7 Å². The minimum Gasteiger partial charge on any atom is -0.305 e. The topological polar surface area (TPSA) is 37.8 Å². The van der Waals surface area contributed by atoms with E-state index in [1.54, 1.807) is 22.7 Å². The van der Waals surface area contributed by atoms with Crippen molar-refractivity contribution in [2.24, 2.45) is 0 Å². The molecule has 0 fully saturated rings. The minimum atomic E-state index is 0.137. The van der Waals surface area contributed by atoms with Crippen LogP contribution in [0.5, 0.6) is 0 Å². The normalized spacial score (nSPS) is 12.9. The molecule has 2 aromatic rings. The number of nitrogens with zero attached hydrogens (tertiary/aromatic N) is 2. The molecule has 1 N–H and O–H groups in total. The molecule has 0 aromatic carbocycles. The molecule has 5 heteroatoms. The Balaban J connectivity index is 2.34. The lowest BCUT2D eigenvalue weighted by Crippen LogP contribution is -2.17. The van der Waals surface area contributed by atoms with Crippen LogP contribution in [0.25, 0.3) is 0 Å². The summed E-state index contributed by atoms with van der Waals surface area (Å²) in [4.78, 5) is 10.6. The van der Waals surface area contributed by atoms with Crippen molar-refractivity contribution in [1.29, 1.82) is 0 Å². The standard InChI is InChI=1S/C12H17N3S2/c1-5-9-8(3)17-12(15-9)10(13-4)11-14-7(2)6-16-11/h6,10,13H,5H2,1-4H3. The maximum atomic E-state index is 4.71. The highest BCUT2D eigenvalue weighted by atomic mass is 32.1. The van der Waals surface area contributed by atoms with E-state index in [1.807, 2.05) is 14.0 Å². The Morgan fingerprint density at radius 3 is 2.53 bits per heavy atom. The number of aromatic nitrogens is 2. The quantitative estimate of drug-likeness (QED) is 0.925. The molecular weight excluding hydrogens is 250 g/mol. The van der Waals surface area contributed by atoms with Crippen LogP contribution in [0.1, 0.15) is 39.2 Å². The third-order valence-corrected chi connectivity index (χ3v) is 4.77. The predicted octanol–water partition coefficient (Wildman–Crippen LogP) is 3.09. The fraction of sp³-hybridized carbons (Fsp3) is 0.500. The molecule has 0 saturated heterocycles. The summed E-state index contributed by atoms with van der Waals surface area (Å²) in [6, 6.07) is 0.137. The highest BCUT2D eigenvalue weighted by Gasteiger charge is 2.20. The largest absolute Gasteiger partial charge is 0.305 e. The lowest BCUT2D eigenvalue weighted by atomic mass is 10.3. The maximum absolute atomic E-state index is 4.71. The molecule has 17 heavy (non-hydrogen) atoms. The molecule has 0 amide bonds. The summed E-state index contributed by atoms with van der Waals surface area (Å²) >= 11 is 3.46. The Hall–Kier alpha value is -0.780. The Morgan fingerprint density at radius 1 is 1.29 bits per heavy atom. The number of hydrogen-bond donors (Lipinski definition) is 1. The molecule has 0 aliphatic heterocycles. The SMILES string of the molecule is CCc1nc(C(NC)c2nc(C)cs2)sc1C. The number of nitrogens with one attached hydrogen (secondary N) is 1. The van der Waals surface area contributed by atoms with Gasteiger partial charge in [-0.2, -0.15) is 0 Å². The van der Waals surface area contributed by atoms with Gasteiger partial charge in [-0.1, -0.05) is 6.92 Å². The molecule has 0 saturated carbocycles. The fourth-order valence-electron chi connectivity index (χ4n) is 1.76. The molecule has 0 bridgehead atoms. The Labute approximate surface area is 110 Å². The van der Waals surface area contributed by atoms with Gasteiger partial charge in [-0.3, -0.25) is 0 Å².